The molecule has 3 rings (SSSR count). The molecule has 0 saturated carbocycles. The summed E-state index contributed by atoms with van der Waals surface area (Å²) in [5, 5.41) is 11.3. The molecule has 126 valence electrons. The summed E-state index contributed by atoms with van der Waals surface area (Å²) in [7, 11) is 0. The van der Waals surface area contributed by atoms with E-state index < -0.39 is 11.8 Å². The van der Waals surface area contributed by atoms with Gasteiger partial charge in [-0.15, -0.1) is 10.2 Å². The predicted molar refractivity (Wildman–Crippen MR) is 86.6 cm³/mol. The van der Waals surface area contributed by atoms with Gasteiger partial charge in [0.25, 0.3) is 5.56 Å². The molecule has 3 heterocycles. The molecule has 2 amide bonds. The molecule has 0 saturated heterocycles. The molecule has 0 unspecified atom stereocenters. The number of carbonyl (C=O) groups is 2. The Kier molecular flexibility index (Phi) is 4.38. The van der Waals surface area contributed by atoms with Crippen molar-refractivity contribution >= 4 is 28.3 Å². The molecule has 0 spiro atoms. The SMILES string of the molecule is CCc1nnc(NC(=O)C(=O)N2CCc3c(nc(C)[nH]c3=O)C2)s1. The van der Waals surface area contributed by atoms with Crippen molar-refractivity contribution in [1.82, 2.24) is 25.1 Å². The van der Waals surface area contributed by atoms with E-state index >= 15 is 0 Å². The number of fused-ring (bicyclic) bond motifs is 1. The van der Waals surface area contributed by atoms with Crippen molar-refractivity contribution in [3.63, 3.8) is 0 Å². The topological polar surface area (TPSA) is 121 Å². The molecule has 2 aromatic heterocycles. The first kappa shape index (κ1) is 16.2. The van der Waals surface area contributed by atoms with Crippen molar-refractivity contribution in [3.8, 4) is 0 Å². The molecule has 10 heteroatoms. The second-order valence-corrected chi connectivity index (χ2v) is 6.42. The largest absolute Gasteiger partial charge is 0.328 e. The third-order valence-corrected chi connectivity index (χ3v) is 4.65. The summed E-state index contributed by atoms with van der Waals surface area (Å²) in [6.45, 7) is 4.04. The highest BCUT2D eigenvalue weighted by atomic mass is 32.1. The van der Waals surface area contributed by atoms with Gasteiger partial charge in [0.2, 0.25) is 5.13 Å². The summed E-state index contributed by atoms with van der Waals surface area (Å²) in [6.07, 6.45) is 1.08. The Hall–Kier alpha value is -2.62. The Morgan fingerprint density at radius 2 is 2.17 bits per heavy atom. The number of carbonyl (C=O) groups excluding carboxylic acids is 2. The highest BCUT2D eigenvalue weighted by Gasteiger charge is 2.28. The third kappa shape index (κ3) is 3.18. The van der Waals surface area contributed by atoms with Crippen LogP contribution in [-0.4, -0.2) is 43.4 Å². The van der Waals surface area contributed by atoms with Crippen molar-refractivity contribution in [1.29, 1.82) is 0 Å². The Morgan fingerprint density at radius 3 is 2.88 bits per heavy atom. The Labute approximate surface area is 141 Å². The lowest BCUT2D eigenvalue weighted by atomic mass is 10.1. The van der Waals surface area contributed by atoms with Gasteiger partial charge in [0.05, 0.1) is 12.2 Å². The molecule has 2 aromatic rings. The molecule has 0 aromatic carbocycles. The van der Waals surface area contributed by atoms with E-state index in [-0.39, 0.29) is 12.1 Å². The summed E-state index contributed by atoms with van der Waals surface area (Å²) in [5.74, 6) is -0.953. The van der Waals surface area contributed by atoms with Crippen LogP contribution in [0.2, 0.25) is 0 Å². The Morgan fingerprint density at radius 1 is 1.38 bits per heavy atom. The van der Waals surface area contributed by atoms with Crippen LogP contribution in [0.4, 0.5) is 5.13 Å². The van der Waals surface area contributed by atoms with E-state index in [2.05, 4.69) is 25.5 Å². The van der Waals surface area contributed by atoms with Crippen molar-refractivity contribution in [3.05, 3.63) is 32.4 Å². The zero-order valence-corrected chi connectivity index (χ0v) is 14.1. The van der Waals surface area contributed by atoms with Gasteiger partial charge in [0.1, 0.15) is 10.8 Å². The summed E-state index contributed by atoms with van der Waals surface area (Å²) >= 11 is 1.24. The fourth-order valence-electron chi connectivity index (χ4n) is 2.48. The minimum atomic E-state index is -0.765. The number of nitrogens with one attached hydrogen (secondary N) is 2. The lowest BCUT2D eigenvalue weighted by Crippen LogP contribution is -2.44. The van der Waals surface area contributed by atoms with Crippen LogP contribution in [0.1, 0.15) is 29.0 Å². The van der Waals surface area contributed by atoms with Gasteiger partial charge in [-0.25, -0.2) is 4.98 Å². The number of rotatable bonds is 2. The van der Waals surface area contributed by atoms with Gasteiger partial charge in [0, 0.05) is 12.1 Å². The average molecular weight is 348 g/mol. The summed E-state index contributed by atoms with van der Waals surface area (Å²) < 4.78 is 0. The van der Waals surface area contributed by atoms with Crippen LogP contribution in [-0.2, 0) is 29.0 Å². The quantitative estimate of drug-likeness (QED) is 0.738. The highest BCUT2D eigenvalue weighted by Crippen LogP contribution is 2.17. The van der Waals surface area contributed by atoms with Crippen molar-refractivity contribution < 1.29 is 9.59 Å². The van der Waals surface area contributed by atoms with E-state index in [0.29, 0.717) is 41.6 Å². The fourth-order valence-corrected chi connectivity index (χ4v) is 3.15. The Bertz CT molecular complexity index is 858. The molecule has 1 aliphatic rings. The molecule has 1 aliphatic heterocycles. The number of nitrogens with zero attached hydrogens (tertiary/aromatic N) is 4. The van der Waals surface area contributed by atoms with Crippen molar-refractivity contribution in [2.75, 3.05) is 11.9 Å². The van der Waals surface area contributed by atoms with E-state index in [1.165, 1.54) is 16.2 Å². The molecule has 0 fully saturated rings. The van der Waals surface area contributed by atoms with Crippen LogP contribution in [0, 0.1) is 6.92 Å². The standard InChI is InChI=1S/C14H16N6O3S/c1-3-10-18-19-14(24-10)17-12(22)13(23)20-5-4-8-9(6-20)15-7(2)16-11(8)21/h3-6H2,1-2H3,(H,15,16,21)(H,17,19,22). The molecule has 24 heavy (non-hydrogen) atoms. The lowest BCUT2D eigenvalue weighted by molar-refractivity contribution is -0.143. The van der Waals surface area contributed by atoms with Crippen LogP contribution >= 0.6 is 11.3 Å². The van der Waals surface area contributed by atoms with Gasteiger partial charge < -0.3 is 9.88 Å². The molecule has 2 N–H and O–H groups in total. The first-order valence-electron chi connectivity index (χ1n) is 7.49. The van der Waals surface area contributed by atoms with Gasteiger partial charge in [-0.05, 0) is 19.8 Å². The highest BCUT2D eigenvalue weighted by molar-refractivity contribution is 7.15. The minimum absolute atomic E-state index is 0.142. The van der Waals surface area contributed by atoms with E-state index in [1.807, 2.05) is 6.92 Å². The maximum absolute atomic E-state index is 12.3. The van der Waals surface area contributed by atoms with E-state index in [0.717, 1.165) is 5.01 Å². The van der Waals surface area contributed by atoms with Crippen molar-refractivity contribution in [2.24, 2.45) is 0 Å². The van der Waals surface area contributed by atoms with Crippen LogP contribution in [0.25, 0.3) is 0 Å². The van der Waals surface area contributed by atoms with Crippen LogP contribution < -0.4 is 10.9 Å². The lowest BCUT2D eigenvalue weighted by Gasteiger charge is -2.26. The first-order chi connectivity index (χ1) is 11.5. The molecule has 0 aliphatic carbocycles. The predicted octanol–water partition coefficient (Wildman–Crippen LogP) is 0.0156. The number of hydrogen-bond acceptors (Lipinski definition) is 7. The smallest absolute Gasteiger partial charge is 0.315 e. The van der Waals surface area contributed by atoms with Gasteiger partial charge in [-0.3, -0.25) is 19.7 Å². The zero-order chi connectivity index (χ0) is 17.3. The maximum atomic E-state index is 12.3. The molecule has 0 bridgehead atoms. The fraction of sp³-hybridized carbons (Fsp3) is 0.429. The number of hydrogen-bond donors (Lipinski definition) is 2. The number of aromatic nitrogens is 4. The van der Waals surface area contributed by atoms with Gasteiger partial charge in [-0.1, -0.05) is 18.3 Å². The summed E-state index contributed by atoms with van der Waals surface area (Å²) in [5.41, 5.74) is 0.921. The summed E-state index contributed by atoms with van der Waals surface area (Å²) in [4.78, 5) is 44.6. The molecular formula is C14H16N6O3S. The molecule has 9 nitrogen and oxygen atoms in total. The molecule has 0 radical (unpaired) electrons. The van der Waals surface area contributed by atoms with Crippen LogP contribution in [0.5, 0.6) is 0 Å². The van der Waals surface area contributed by atoms with Gasteiger partial charge in [0.15, 0.2) is 0 Å². The third-order valence-electron chi connectivity index (χ3n) is 3.66. The number of anilines is 1. The molecule has 0 atom stereocenters. The zero-order valence-electron chi connectivity index (χ0n) is 13.3. The second kappa shape index (κ2) is 6.48. The minimum Gasteiger partial charge on any atom is -0.328 e. The molecular weight excluding hydrogens is 332 g/mol. The van der Waals surface area contributed by atoms with Gasteiger partial charge >= 0.3 is 11.8 Å². The van der Waals surface area contributed by atoms with Crippen LogP contribution in [0.15, 0.2) is 4.79 Å². The van der Waals surface area contributed by atoms with Crippen LogP contribution in [0.3, 0.4) is 0 Å². The monoisotopic (exact) mass is 348 g/mol. The first-order valence-corrected chi connectivity index (χ1v) is 8.31. The average Bonchev–Trinajstić information content (AvgIpc) is 3.01. The number of aryl methyl sites for hydroxylation is 2. The number of aromatic amines is 1. The second-order valence-electron chi connectivity index (χ2n) is 5.36. The van der Waals surface area contributed by atoms with E-state index in [4.69, 9.17) is 0 Å². The number of amides is 2. The maximum Gasteiger partial charge on any atom is 0.315 e. The summed E-state index contributed by atoms with van der Waals surface area (Å²) in [6, 6.07) is 0. The van der Waals surface area contributed by atoms with Crippen molar-refractivity contribution in [2.45, 2.75) is 33.2 Å². The van der Waals surface area contributed by atoms with E-state index in [9.17, 15) is 14.4 Å². The van der Waals surface area contributed by atoms with E-state index in [1.54, 1.807) is 6.92 Å². The normalized spacial score (nSPS) is 13.5. The number of H-pyrrole nitrogens is 1. The Balaban J connectivity index is 1.71. The van der Waals surface area contributed by atoms with Gasteiger partial charge in [-0.2, -0.15) is 0 Å².